The van der Waals surface area contributed by atoms with Crippen LogP contribution >= 0.6 is 11.8 Å². The molecule has 0 aliphatic carbocycles. The van der Waals surface area contributed by atoms with E-state index in [-0.39, 0.29) is 34.6 Å². The Labute approximate surface area is 147 Å². The molecular formula is C17H22N2O3S2. The number of thioether (sulfide) groups is 1. The lowest BCUT2D eigenvalue weighted by Gasteiger charge is -2.27. The van der Waals surface area contributed by atoms with Crippen LogP contribution in [0.4, 0.5) is 5.69 Å². The summed E-state index contributed by atoms with van der Waals surface area (Å²) in [6.45, 7) is 7.69. The van der Waals surface area contributed by atoms with E-state index < -0.39 is 9.84 Å². The quantitative estimate of drug-likeness (QED) is 0.805. The van der Waals surface area contributed by atoms with Crippen molar-refractivity contribution in [1.29, 1.82) is 0 Å². The average molecular weight is 367 g/mol. The predicted molar refractivity (Wildman–Crippen MR) is 99.5 cm³/mol. The molecule has 2 atom stereocenters. The topological polar surface area (TPSA) is 66.8 Å². The number of fused-ring (bicyclic) bond motifs is 1. The molecule has 2 unspecified atom stereocenters. The van der Waals surface area contributed by atoms with Gasteiger partial charge in [0.15, 0.2) is 15.0 Å². The van der Waals surface area contributed by atoms with Gasteiger partial charge in [-0.2, -0.15) is 4.99 Å². The van der Waals surface area contributed by atoms with Crippen molar-refractivity contribution in [3.63, 3.8) is 0 Å². The Morgan fingerprint density at radius 1 is 1.29 bits per heavy atom. The number of carbonyl (C=O) groups is 1. The summed E-state index contributed by atoms with van der Waals surface area (Å²) in [6.07, 6.45) is 0. The molecule has 7 heteroatoms. The Bertz CT molecular complexity index is 815. The van der Waals surface area contributed by atoms with Gasteiger partial charge in [0.25, 0.3) is 5.91 Å². The molecule has 2 heterocycles. The Morgan fingerprint density at radius 2 is 2.00 bits per heavy atom. The largest absolute Gasteiger partial charge is 0.315 e. The maximum absolute atomic E-state index is 12.1. The van der Waals surface area contributed by atoms with E-state index in [4.69, 9.17) is 0 Å². The number of aliphatic imine (C=N–C) groups is 1. The second-order valence-corrected chi connectivity index (χ2v) is 10.1. The summed E-state index contributed by atoms with van der Waals surface area (Å²) in [5.74, 6) is -0.0794. The number of hydrogen-bond acceptors (Lipinski definition) is 4. The van der Waals surface area contributed by atoms with Crippen molar-refractivity contribution in [3.8, 4) is 0 Å². The van der Waals surface area contributed by atoms with Crippen molar-refractivity contribution in [3.05, 3.63) is 29.3 Å². The highest BCUT2D eigenvalue weighted by Crippen LogP contribution is 2.42. The van der Waals surface area contributed by atoms with Crippen LogP contribution < -0.4 is 4.90 Å². The minimum atomic E-state index is -3.04. The molecule has 2 saturated heterocycles. The van der Waals surface area contributed by atoms with Crippen molar-refractivity contribution in [1.82, 2.24) is 0 Å². The summed E-state index contributed by atoms with van der Waals surface area (Å²) in [7, 11) is -3.04. The number of anilines is 1. The zero-order valence-corrected chi connectivity index (χ0v) is 15.9. The number of amidine groups is 1. The maximum Gasteiger partial charge on any atom is 0.250 e. The second kappa shape index (κ2) is 6.19. The fourth-order valence-electron chi connectivity index (χ4n) is 3.07. The van der Waals surface area contributed by atoms with Gasteiger partial charge in [0.05, 0.1) is 17.5 Å². The molecule has 0 radical (unpaired) electrons. The van der Waals surface area contributed by atoms with Crippen LogP contribution in [0.1, 0.15) is 25.0 Å². The number of sulfone groups is 1. The number of amides is 1. The number of hydrogen-bond donors (Lipinski definition) is 0. The van der Waals surface area contributed by atoms with Crippen molar-refractivity contribution < 1.29 is 13.2 Å². The molecule has 2 aliphatic rings. The van der Waals surface area contributed by atoms with Crippen LogP contribution in [0.2, 0.25) is 0 Å². The Balaban J connectivity index is 2.08. The molecular weight excluding hydrogens is 344 g/mol. The van der Waals surface area contributed by atoms with E-state index in [9.17, 15) is 13.2 Å². The summed E-state index contributed by atoms with van der Waals surface area (Å²) in [4.78, 5) is 18.4. The first-order chi connectivity index (χ1) is 11.2. The van der Waals surface area contributed by atoms with Gasteiger partial charge in [-0.15, -0.1) is 0 Å². The monoisotopic (exact) mass is 366 g/mol. The number of nitrogens with zero attached hydrogens (tertiary/aromatic N) is 2. The standard InChI is InChI=1S/C17H22N2O3S2/c1-10(2)16(20)18-17-19(13-7-5-6-11(3)12(13)4)14-8-24(21,22)9-15(14)23-17/h5-7,10,14-15H,8-9H2,1-4H3. The lowest BCUT2D eigenvalue weighted by atomic mass is 10.1. The van der Waals surface area contributed by atoms with Crippen molar-refractivity contribution in [2.75, 3.05) is 16.4 Å². The van der Waals surface area contributed by atoms with Gasteiger partial charge < -0.3 is 4.90 Å². The molecule has 1 aromatic carbocycles. The summed E-state index contributed by atoms with van der Waals surface area (Å²) >= 11 is 1.42. The molecule has 3 rings (SSSR count). The SMILES string of the molecule is Cc1cccc(N2C(=NC(=O)C(C)C)SC3CS(=O)(=O)CC32)c1C. The van der Waals surface area contributed by atoms with Crippen molar-refractivity contribution >= 4 is 38.4 Å². The highest BCUT2D eigenvalue weighted by molar-refractivity contribution is 8.16. The van der Waals surface area contributed by atoms with Crippen LogP contribution in [-0.4, -0.2) is 42.3 Å². The molecule has 5 nitrogen and oxygen atoms in total. The Hall–Kier alpha value is -1.34. The van der Waals surface area contributed by atoms with Gasteiger partial charge >= 0.3 is 0 Å². The van der Waals surface area contributed by atoms with E-state index in [1.807, 2.05) is 50.8 Å². The van der Waals surface area contributed by atoms with Gasteiger partial charge in [0.2, 0.25) is 0 Å². The first-order valence-corrected chi connectivity index (χ1v) is 10.7. The third-order valence-corrected chi connectivity index (χ3v) is 7.81. The smallest absolute Gasteiger partial charge is 0.250 e. The normalized spacial score (nSPS) is 27.0. The molecule has 2 aliphatic heterocycles. The van der Waals surface area contributed by atoms with Crippen LogP contribution in [0.25, 0.3) is 0 Å². The molecule has 0 N–H and O–H groups in total. The van der Waals surface area contributed by atoms with Crippen LogP contribution in [0.5, 0.6) is 0 Å². The molecule has 1 amide bonds. The minimum absolute atomic E-state index is 0.0615. The zero-order valence-electron chi connectivity index (χ0n) is 14.3. The van der Waals surface area contributed by atoms with Gasteiger partial charge in [-0.1, -0.05) is 37.7 Å². The molecule has 1 aromatic rings. The average Bonchev–Trinajstić information content (AvgIpc) is 2.93. The van der Waals surface area contributed by atoms with Gasteiger partial charge in [-0.05, 0) is 31.0 Å². The van der Waals surface area contributed by atoms with E-state index in [0.717, 1.165) is 16.8 Å². The van der Waals surface area contributed by atoms with Gasteiger partial charge in [0.1, 0.15) is 0 Å². The van der Waals surface area contributed by atoms with Crippen LogP contribution in [0.3, 0.4) is 0 Å². The molecule has 2 fully saturated rings. The molecule has 0 bridgehead atoms. The van der Waals surface area contributed by atoms with E-state index in [1.165, 1.54) is 11.8 Å². The number of aryl methyl sites for hydroxylation is 1. The second-order valence-electron chi connectivity index (χ2n) is 6.78. The summed E-state index contributed by atoms with van der Waals surface area (Å²) in [5.41, 5.74) is 3.17. The van der Waals surface area contributed by atoms with Crippen LogP contribution in [0.15, 0.2) is 23.2 Å². The third kappa shape index (κ3) is 3.11. The third-order valence-electron chi connectivity index (χ3n) is 4.60. The van der Waals surface area contributed by atoms with E-state index in [0.29, 0.717) is 5.17 Å². The number of rotatable bonds is 2. The van der Waals surface area contributed by atoms with Gasteiger partial charge in [0, 0.05) is 16.9 Å². The van der Waals surface area contributed by atoms with Crippen LogP contribution in [0, 0.1) is 19.8 Å². The number of carbonyl (C=O) groups excluding carboxylic acids is 1. The molecule has 130 valence electrons. The maximum atomic E-state index is 12.1. The lowest BCUT2D eigenvalue weighted by molar-refractivity contribution is -0.120. The van der Waals surface area contributed by atoms with Gasteiger partial charge in [-0.3, -0.25) is 4.79 Å². The Kier molecular flexibility index (Phi) is 4.51. The molecule has 0 saturated carbocycles. The summed E-state index contributed by atoms with van der Waals surface area (Å²) < 4.78 is 24.1. The minimum Gasteiger partial charge on any atom is -0.315 e. The Morgan fingerprint density at radius 3 is 2.67 bits per heavy atom. The summed E-state index contributed by atoms with van der Waals surface area (Å²) in [5, 5.41) is 0.570. The van der Waals surface area contributed by atoms with Crippen molar-refractivity contribution in [2.24, 2.45) is 10.9 Å². The van der Waals surface area contributed by atoms with E-state index >= 15 is 0 Å². The lowest BCUT2D eigenvalue weighted by Crippen LogP contribution is -2.38. The van der Waals surface area contributed by atoms with Crippen LogP contribution in [-0.2, 0) is 14.6 Å². The molecule has 0 spiro atoms. The first kappa shape index (κ1) is 17.5. The summed E-state index contributed by atoms with van der Waals surface area (Å²) in [6, 6.07) is 5.81. The van der Waals surface area contributed by atoms with E-state index in [2.05, 4.69) is 4.99 Å². The highest BCUT2D eigenvalue weighted by atomic mass is 32.2. The van der Waals surface area contributed by atoms with Crippen molar-refractivity contribution in [2.45, 2.75) is 39.0 Å². The fraction of sp³-hybridized carbons (Fsp3) is 0.529. The number of benzene rings is 1. The zero-order chi connectivity index (χ0) is 17.6. The highest BCUT2D eigenvalue weighted by Gasteiger charge is 2.49. The van der Waals surface area contributed by atoms with E-state index in [1.54, 1.807) is 0 Å². The first-order valence-electron chi connectivity index (χ1n) is 8.04. The van der Waals surface area contributed by atoms with Gasteiger partial charge in [-0.25, -0.2) is 8.42 Å². The molecule has 24 heavy (non-hydrogen) atoms. The fourth-order valence-corrected chi connectivity index (χ4v) is 6.98. The predicted octanol–water partition coefficient (Wildman–Crippen LogP) is 2.56. The molecule has 0 aromatic heterocycles.